The van der Waals surface area contributed by atoms with Crippen molar-refractivity contribution < 1.29 is 14.0 Å². The molecule has 1 aliphatic carbocycles. The molecule has 2 N–H and O–H groups in total. The number of carbonyl (C=O) groups excluding carboxylic acids is 2. The van der Waals surface area contributed by atoms with Crippen LogP contribution in [0.5, 0.6) is 0 Å². The summed E-state index contributed by atoms with van der Waals surface area (Å²) in [5.41, 5.74) is 2.28. The number of imidazole rings is 1. The molecule has 0 bridgehead atoms. The van der Waals surface area contributed by atoms with Gasteiger partial charge in [0.25, 0.3) is 5.91 Å². The molecule has 1 saturated carbocycles. The molecule has 0 atom stereocenters. The number of amides is 2. The van der Waals surface area contributed by atoms with E-state index < -0.39 is 0 Å². The lowest BCUT2D eigenvalue weighted by Crippen LogP contribution is -2.17. The number of benzene rings is 2. The van der Waals surface area contributed by atoms with Crippen molar-refractivity contribution in [1.82, 2.24) is 9.55 Å². The Morgan fingerprint density at radius 2 is 1.66 bits per heavy atom. The second kappa shape index (κ2) is 8.08. The highest BCUT2D eigenvalue weighted by molar-refractivity contribution is 7.98. The van der Waals surface area contributed by atoms with Crippen molar-refractivity contribution in [2.75, 3.05) is 16.9 Å². The van der Waals surface area contributed by atoms with Gasteiger partial charge in [0.05, 0.1) is 6.20 Å². The molecule has 6 nitrogen and oxygen atoms in total. The first-order chi connectivity index (χ1) is 14.0. The van der Waals surface area contributed by atoms with Gasteiger partial charge < -0.3 is 10.6 Å². The molecule has 148 valence electrons. The molecule has 29 heavy (non-hydrogen) atoms. The number of hydrogen-bond acceptors (Lipinski definition) is 4. The summed E-state index contributed by atoms with van der Waals surface area (Å²) in [6.07, 6.45) is 5.24. The van der Waals surface area contributed by atoms with Gasteiger partial charge in [0, 0.05) is 23.0 Å². The van der Waals surface area contributed by atoms with Gasteiger partial charge in [-0.05, 0) is 67.6 Å². The SMILES string of the molecule is CSc1ncc(C(=O)Nc2ccc(NC(=O)C3CC3)cc2)n1-c1ccc(F)cc1. The van der Waals surface area contributed by atoms with Gasteiger partial charge in [-0.2, -0.15) is 0 Å². The highest BCUT2D eigenvalue weighted by Crippen LogP contribution is 2.30. The van der Waals surface area contributed by atoms with Crippen LogP contribution in [0.25, 0.3) is 5.69 Å². The summed E-state index contributed by atoms with van der Waals surface area (Å²) in [7, 11) is 0. The lowest BCUT2D eigenvalue weighted by molar-refractivity contribution is -0.117. The van der Waals surface area contributed by atoms with Crippen LogP contribution in [-0.4, -0.2) is 27.6 Å². The van der Waals surface area contributed by atoms with Gasteiger partial charge in [-0.25, -0.2) is 9.37 Å². The fourth-order valence-corrected chi connectivity index (χ4v) is 3.45. The van der Waals surface area contributed by atoms with Crippen LogP contribution in [0.3, 0.4) is 0 Å². The Kier molecular flexibility index (Phi) is 5.35. The van der Waals surface area contributed by atoms with Crippen LogP contribution >= 0.6 is 11.8 Å². The lowest BCUT2D eigenvalue weighted by atomic mass is 10.2. The van der Waals surface area contributed by atoms with Crippen LogP contribution in [0.1, 0.15) is 23.3 Å². The van der Waals surface area contributed by atoms with Gasteiger partial charge in [0.15, 0.2) is 5.16 Å². The van der Waals surface area contributed by atoms with E-state index in [1.807, 2.05) is 6.26 Å². The van der Waals surface area contributed by atoms with E-state index in [2.05, 4.69) is 15.6 Å². The average molecular weight is 410 g/mol. The maximum absolute atomic E-state index is 13.3. The fourth-order valence-electron chi connectivity index (χ4n) is 2.90. The Bertz CT molecular complexity index is 1040. The van der Waals surface area contributed by atoms with Gasteiger partial charge in [-0.15, -0.1) is 0 Å². The zero-order valence-electron chi connectivity index (χ0n) is 15.7. The normalized spacial score (nSPS) is 13.2. The monoisotopic (exact) mass is 410 g/mol. The Labute approximate surface area is 171 Å². The molecule has 3 aromatic rings. The number of thioether (sulfide) groups is 1. The lowest BCUT2D eigenvalue weighted by Gasteiger charge is -2.12. The Morgan fingerprint density at radius 1 is 1.03 bits per heavy atom. The zero-order chi connectivity index (χ0) is 20.4. The number of anilines is 2. The Balaban J connectivity index is 1.52. The predicted octanol–water partition coefficient (Wildman–Crippen LogP) is 4.33. The third-order valence-electron chi connectivity index (χ3n) is 4.59. The van der Waals surface area contributed by atoms with Crippen molar-refractivity contribution in [3.63, 3.8) is 0 Å². The standard InChI is InChI=1S/C21H19FN4O2S/c1-29-21-23-12-18(26(21)17-10-4-14(22)5-11-17)20(28)25-16-8-6-15(7-9-16)24-19(27)13-2-3-13/h4-13H,2-3H2,1H3,(H,24,27)(H,25,28). The third kappa shape index (κ3) is 4.32. The van der Waals surface area contributed by atoms with E-state index in [-0.39, 0.29) is 23.5 Å². The first kappa shape index (κ1) is 19.2. The summed E-state index contributed by atoms with van der Waals surface area (Å²) in [6, 6.07) is 12.9. The third-order valence-corrected chi connectivity index (χ3v) is 5.24. The van der Waals surface area contributed by atoms with Crippen LogP contribution in [0, 0.1) is 11.7 Å². The van der Waals surface area contributed by atoms with Crippen LogP contribution in [-0.2, 0) is 4.79 Å². The summed E-state index contributed by atoms with van der Waals surface area (Å²) < 4.78 is 15.0. The number of rotatable bonds is 6. The molecule has 0 spiro atoms. The summed E-state index contributed by atoms with van der Waals surface area (Å²) in [4.78, 5) is 29.0. The molecule has 2 amide bonds. The van der Waals surface area contributed by atoms with Crippen molar-refractivity contribution >= 4 is 35.0 Å². The number of nitrogens with zero attached hydrogens (tertiary/aromatic N) is 2. The largest absolute Gasteiger partial charge is 0.326 e. The maximum atomic E-state index is 13.3. The van der Waals surface area contributed by atoms with Gasteiger partial charge in [0.2, 0.25) is 5.91 Å². The topological polar surface area (TPSA) is 76.0 Å². The van der Waals surface area contributed by atoms with Crippen molar-refractivity contribution in [2.45, 2.75) is 18.0 Å². The summed E-state index contributed by atoms with van der Waals surface area (Å²) >= 11 is 1.39. The molecule has 2 aromatic carbocycles. The molecule has 1 aliphatic rings. The first-order valence-electron chi connectivity index (χ1n) is 9.15. The van der Waals surface area contributed by atoms with Gasteiger partial charge in [-0.1, -0.05) is 11.8 Å². The molecule has 0 radical (unpaired) electrons. The van der Waals surface area contributed by atoms with E-state index in [0.29, 0.717) is 27.9 Å². The molecule has 0 unspecified atom stereocenters. The fraction of sp³-hybridized carbons (Fsp3) is 0.190. The van der Waals surface area contributed by atoms with E-state index in [1.165, 1.54) is 30.1 Å². The minimum atomic E-state index is -0.348. The van der Waals surface area contributed by atoms with E-state index in [0.717, 1.165) is 12.8 Å². The molecule has 1 heterocycles. The van der Waals surface area contributed by atoms with Crippen molar-refractivity contribution in [1.29, 1.82) is 0 Å². The molecular weight excluding hydrogens is 391 g/mol. The molecule has 1 aromatic heterocycles. The van der Waals surface area contributed by atoms with Crippen LogP contribution in [0.4, 0.5) is 15.8 Å². The Hall–Kier alpha value is -3.13. The highest BCUT2D eigenvalue weighted by atomic mass is 32.2. The van der Waals surface area contributed by atoms with Crippen molar-refractivity contribution in [3.8, 4) is 5.69 Å². The molecule has 4 rings (SSSR count). The second-order valence-electron chi connectivity index (χ2n) is 6.74. The molecular formula is C21H19FN4O2S. The van der Waals surface area contributed by atoms with Crippen molar-refractivity contribution in [3.05, 3.63) is 66.2 Å². The minimum Gasteiger partial charge on any atom is -0.326 e. The van der Waals surface area contributed by atoms with Gasteiger partial charge >= 0.3 is 0 Å². The number of carbonyl (C=O) groups is 2. The maximum Gasteiger partial charge on any atom is 0.274 e. The van der Waals surface area contributed by atoms with Gasteiger partial charge in [-0.3, -0.25) is 14.2 Å². The predicted molar refractivity (Wildman–Crippen MR) is 111 cm³/mol. The first-order valence-corrected chi connectivity index (χ1v) is 10.4. The van der Waals surface area contributed by atoms with Crippen LogP contribution in [0.15, 0.2) is 59.9 Å². The van der Waals surface area contributed by atoms with E-state index in [1.54, 1.807) is 41.0 Å². The Morgan fingerprint density at radius 3 is 2.24 bits per heavy atom. The molecule has 0 saturated heterocycles. The minimum absolute atomic E-state index is 0.0366. The number of nitrogens with one attached hydrogen (secondary N) is 2. The second-order valence-corrected chi connectivity index (χ2v) is 7.51. The van der Waals surface area contributed by atoms with E-state index in [4.69, 9.17) is 0 Å². The quantitative estimate of drug-likeness (QED) is 0.593. The summed E-state index contributed by atoms with van der Waals surface area (Å²) in [5.74, 6) is -0.516. The highest BCUT2D eigenvalue weighted by Gasteiger charge is 2.29. The summed E-state index contributed by atoms with van der Waals surface area (Å²) in [5, 5.41) is 6.32. The number of aromatic nitrogens is 2. The van der Waals surface area contributed by atoms with Crippen LogP contribution < -0.4 is 10.6 Å². The van der Waals surface area contributed by atoms with Gasteiger partial charge in [0.1, 0.15) is 11.5 Å². The molecule has 1 fully saturated rings. The molecule has 8 heteroatoms. The molecule has 0 aliphatic heterocycles. The average Bonchev–Trinajstić information content (AvgIpc) is 3.49. The zero-order valence-corrected chi connectivity index (χ0v) is 16.5. The van der Waals surface area contributed by atoms with E-state index >= 15 is 0 Å². The summed E-state index contributed by atoms with van der Waals surface area (Å²) in [6.45, 7) is 0. The van der Waals surface area contributed by atoms with Crippen LogP contribution in [0.2, 0.25) is 0 Å². The van der Waals surface area contributed by atoms with Crippen molar-refractivity contribution in [2.24, 2.45) is 5.92 Å². The number of halogens is 1. The number of hydrogen-bond donors (Lipinski definition) is 2. The smallest absolute Gasteiger partial charge is 0.274 e. The van der Waals surface area contributed by atoms with E-state index in [9.17, 15) is 14.0 Å².